The number of likely N-dealkylation sites (N-methyl/N-ethyl adjacent to an activating group) is 1. The van der Waals surface area contributed by atoms with Crippen LogP contribution in [0.25, 0.3) is 11.1 Å². The number of nitrogens with one attached hydrogen (secondary N) is 1. The van der Waals surface area contributed by atoms with Gasteiger partial charge in [0.2, 0.25) is 0 Å². The highest BCUT2D eigenvalue weighted by atomic mass is 35.5. The zero-order valence-electron chi connectivity index (χ0n) is 21.6. The molecule has 0 aliphatic heterocycles. The quantitative estimate of drug-likeness (QED) is 0.281. The predicted molar refractivity (Wildman–Crippen MR) is 148 cm³/mol. The number of benzene rings is 3. The van der Waals surface area contributed by atoms with Crippen LogP contribution in [0.1, 0.15) is 41.9 Å². The molecule has 1 aliphatic rings. The van der Waals surface area contributed by atoms with E-state index < -0.39 is 24.2 Å². The van der Waals surface area contributed by atoms with Crippen LogP contribution in [0.4, 0.5) is 9.59 Å². The molecule has 0 heterocycles. The Kier molecular flexibility index (Phi) is 9.44. The summed E-state index contributed by atoms with van der Waals surface area (Å²) in [6.07, 6.45) is -0.0652. The summed E-state index contributed by atoms with van der Waals surface area (Å²) >= 11 is 6.05. The lowest BCUT2D eigenvalue weighted by Gasteiger charge is -2.25. The van der Waals surface area contributed by atoms with Gasteiger partial charge < -0.3 is 19.9 Å². The van der Waals surface area contributed by atoms with Crippen LogP contribution in [0.2, 0.25) is 5.02 Å². The van der Waals surface area contributed by atoms with E-state index in [0.717, 1.165) is 27.2 Å². The molecule has 2 amide bonds. The summed E-state index contributed by atoms with van der Waals surface area (Å²) in [5, 5.41) is 12.9. The number of nitrogens with zero attached hydrogens (tertiary/aromatic N) is 1. The second kappa shape index (κ2) is 13.2. The number of carbonyl (C=O) groups is 3. The highest BCUT2D eigenvalue weighted by Crippen LogP contribution is 2.44. The average Bonchev–Trinajstić information content (AvgIpc) is 3.26. The Morgan fingerprint density at radius 2 is 1.54 bits per heavy atom. The first-order chi connectivity index (χ1) is 18.9. The Morgan fingerprint density at radius 1 is 0.923 bits per heavy atom. The molecule has 3 aromatic carbocycles. The Hall–Kier alpha value is -4.04. The third-order valence-electron chi connectivity index (χ3n) is 6.87. The van der Waals surface area contributed by atoms with Crippen molar-refractivity contribution < 1.29 is 29.0 Å². The van der Waals surface area contributed by atoms with Gasteiger partial charge in [0.05, 0.1) is 0 Å². The van der Waals surface area contributed by atoms with E-state index in [1.165, 1.54) is 7.05 Å². The molecule has 1 unspecified atom stereocenters. The second-order valence-corrected chi connectivity index (χ2v) is 9.77. The van der Waals surface area contributed by atoms with Gasteiger partial charge in [0, 0.05) is 30.1 Å². The normalized spacial score (nSPS) is 12.7. The summed E-state index contributed by atoms with van der Waals surface area (Å²) < 4.78 is 10.8. The fraction of sp³-hybridized carbons (Fsp3) is 0.300. The van der Waals surface area contributed by atoms with Crippen LogP contribution in [0.3, 0.4) is 0 Å². The van der Waals surface area contributed by atoms with E-state index in [-0.39, 0.29) is 25.6 Å². The van der Waals surface area contributed by atoms with Gasteiger partial charge in [0.15, 0.2) is 0 Å². The molecule has 4 rings (SSSR count). The smallest absolute Gasteiger partial charge is 0.410 e. The molecule has 0 fully saturated rings. The molecule has 9 heteroatoms. The van der Waals surface area contributed by atoms with Gasteiger partial charge in [-0.05, 0) is 47.6 Å². The number of ether oxygens (including phenoxy) is 2. The van der Waals surface area contributed by atoms with Crippen molar-refractivity contribution in [2.75, 3.05) is 20.2 Å². The molecule has 0 bridgehead atoms. The summed E-state index contributed by atoms with van der Waals surface area (Å²) in [7, 11) is 1.43. The SMILES string of the molecule is CN(C(=O)OCC1c2ccccc2-c2ccccc21)C(CCCCNC(=O)OCc1ccccc1Cl)C(=O)O. The lowest BCUT2D eigenvalue weighted by atomic mass is 9.98. The Labute approximate surface area is 232 Å². The van der Waals surface area contributed by atoms with Crippen LogP contribution >= 0.6 is 11.6 Å². The number of amides is 2. The van der Waals surface area contributed by atoms with Crippen molar-refractivity contribution in [2.24, 2.45) is 0 Å². The fourth-order valence-electron chi connectivity index (χ4n) is 4.77. The zero-order valence-corrected chi connectivity index (χ0v) is 22.4. The van der Waals surface area contributed by atoms with Gasteiger partial charge in [0.1, 0.15) is 19.3 Å². The van der Waals surface area contributed by atoms with Gasteiger partial charge in [-0.1, -0.05) is 78.3 Å². The molecule has 3 aromatic rings. The standard InChI is InChI=1S/C30H31ClN2O6/c1-33(30(37)39-19-25-23-13-5-3-11-21(23)22-12-4-6-14-24(22)25)27(28(34)35)16-8-9-17-32-29(36)38-18-20-10-2-7-15-26(20)31/h2-7,10-15,25,27H,8-9,16-19H2,1H3,(H,32,36)(H,34,35). The molecule has 0 aromatic heterocycles. The molecule has 0 saturated heterocycles. The number of carboxylic acid groups (broad SMARTS) is 1. The number of aliphatic carboxylic acids is 1. The van der Waals surface area contributed by atoms with Gasteiger partial charge in [-0.3, -0.25) is 4.90 Å². The van der Waals surface area contributed by atoms with Crippen LogP contribution in [-0.4, -0.2) is 54.4 Å². The second-order valence-electron chi connectivity index (χ2n) is 9.36. The molecule has 0 spiro atoms. The molecule has 204 valence electrons. The Bertz CT molecular complexity index is 1280. The fourth-order valence-corrected chi connectivity index (χ4v) is 4.96. The first kappa shape index (κ1) is 28.0. The molecule has 1 aliphatic carbocycles. The van der Waals surface area contributed by atoms with E-state index in [0.29, 0.717) is 30.0 Å². The van der Waals surface area contributed by atoms with E-state index >= 15 is 0 Å². The highest BCUT2D eigenvalue weighted by molar-refractivity contribution is 6.31. The van der Waals surface area contributed by atoms with Gasteiger partial charge in [-0.2, -0.15) is 0 Å². The number of carboxylic acids is 1. The molecule has 2 N–H and O–H groups in total. The van der Waals surface area contributed by atoms with E-state index in [1.54, 1.807) is 24.3 Å². The van der Waals surface area contributed by atoms with Crippen molar-refractivity contribution in [3.05, 3.63) is 94.5 Å². The van der Waals surface area contributed by atoms with Crippen LogP contribution < -0.4 is 5.32 Å². The number of halogens is 1. The number of hydrogen-bond acceptors (Lipinski definition) is 5. The summed E-state index contributed by atoms with van der Waals surface area (Å²) in [5.41, 5.74) is 5.11. The van der Waals surface area contributed by atoms with Crippen LogP contribution in [0.15, 0.2) is 72.8 Å². The topological polar surface area (TPSA) is 105 Å². The first-order valence-corrected chi connectivity index (χ1v) is 13.2. The minimum Gasteiger partial charge on any atom is -0.480 e. The maximum Gasteiger partial charge on any atom is 0.410 e. The van der Waals surface area contributed by atoms with Crippen molar-refractivity contribution in [3.8, 4) is 11.1 Å². The number of carbonyl (C=O) groups excluding carboxylic acids is 2. The molecule has 8 nitrogen and oxygen atoms in total. The van der Waals surface area contributed by atoms with E-state index in [2.05, 4.69) is 17.4 Å². The monoisotopic (exact) mass is 550 g/mol. The van der Waals surface area contributed by atoms with E-state index in [4.69, 9.17) is 21.1 Å². The number of unbranched alkanes of at least 4 members (excludes halogenated alkanes) is 1. The molecular weight excluding hydrogens is 520 g/mol. The summed E-state index contributed by atoms with van der Waals surface area (Å²) in [5.74, 6) is -1.22. The number of alkyl carbamates (subject to hydrolysis) is 1. The Morgan fingerprint density at radius 3 is 2.18 bits per heavy atom. The predicted octanol–water partition coefficient (Wildman–Crippen LogP) is 6.07. The van der Waals surface area contributed by atoms with Gasteiger partial charge in [-0.25, -0.2) is 14.4 Å². The maximum atomic E-state index is 12.8. The lowest BCUT2D eigenvalue weighted by molar-refractivity contribution is -0.142. The summed E-state index contributed by atoms with van der Waals surface area (Å²) in [6, 6.07) is 22.1. The van der Waals surface area contributed by atoms with Gasteiger partial charge >= 0.3 is 18.2 Å². The lowest BCUT2D eigenvalue weighted by Crippen LogP contribution is -2.43. The summed E-state index contributed by atoms with van der Waals surface area (Å²) in [6.45, 7) is 0.476. The number of hydrogen-bond donors (Lipinski definition) is 2. The van der Waals surface area contributed by atoms with E-state index in [1.807, 2.05) is 36.4 Å². The molecule has 1 atom stereocenters. The third-order valence-corrected chi connectivity index (χ3v) is 7.24. The molecular formula is C30H31ClN2O6. The minimum absolute atomic E-state index is 0.0531. The number of fused-ring (bicyclic) bond motifs is 3. The van der Waals surface area contributed by atoms with Gasteiger partial charge in [0.25, 0.3) is 0 Å². The van der Waals surface area contributed by atoms with Crippen molar-refractivity contribution in [1.82, 2.24) is 10.2 Å². The van der Waals surface area contributed by atoms with Gasteiger partial charge in [-0.15, -0.1) is 0 Å². The average molecular weight is 551 g/mol. The highest BCUT2D eigenvalue weighted by Gasteiger charge is 2.31. The van der Waals surface area contributed by atoms with Crippen molar-refractivity contribution in [1.29, 1.82) is 0 Å². The largest absolute Gasteiger partial charge is 0.480 e. The molecule has 0 saturated carbocycles. The number of rotatable bonds is 11. The minimum atomic E-state index is -1.11. The van der Waals surface area contributed by atoms with Crippen LogP contribution in [0, 0.1) is 0 Å². The van der Waals surface area contributed by atoms with Crippen molar-refractivity contribution in [2.45, 2.75) is 37.8 Å². The zero-order chi connectivity index (χ0) is 27.8. The van der Waals surface area contributed by atoms with Crippen LogP contribution in [-0.2, 0) is 20.9 Å². The van der Waals surface area contributed by atoms with Crippen molar-refractivity contribution >= 4 is 29.8 Å². The molecule has 39 heavy (non-hydrogen) atoms. The van der Waals surface area contributed by atoms with E-state index in [9.17, 15) is 19.5 Å². The first-order valence-electron chi connectivity index (χ1n) is 12.8. The summed E-state index contributed by atoms with van der Waals surface area (Å²) in [4.78, 5) is 37.8. The third kappa shape index (κ3) is 6.89. The van der Waals surface area contributed by atoms with Crippen LogP contribution in [0.5, 0.6) is 0 Å². The maximum absolute atomic E-state index is 12.8. The molecule has 0 radical (unpaired) electrons. The van der Waals surface area contributed by atoms with Crippen molar-refractivity contribution in [3.63, 3.8) is 0 Å². The Balaban J connectivity index is 1.22.